The SMILES string of the molecule is C=C(C)C(=O)O.C=C(C)C(=O)OC.C=C(C)C(=O)OCC(CC)CCCC.C=C(C)C(=O)OCCCC. The number of ether oxygens (including phenoxy) is 3. The Morgan fingerprint density at radius 2 is 1.11 bits per heavy atom. The van der Waals surface area contributed by atoms with Gasteiger partial charge in [0.1, 0.15) is 0 Å². The summed E-state index contributed by atoms with van der Waals surface area (Å²) in [4.78, 5) is 41.6. The third-order valence-corrected chi connectivity index (χ3v) is 4.32. The van der Waals surface area contributed by atoms with Crippen LogP contribution >= 0.6 is 0 Å². The lowest BCUT2D eigenvalue weighted by molar-refractivity contribution is -0.140. The maximum absolute atomic E-state index is 11.1. The minimum Gasteiger partial charge on any atom is -0.478 e. The van der Waals surface area contributed by atoms with Gasteiger partial charge in [-0.15, -0.1) is 0 Å². The average molecular weight is 527 g/mol. The Labute approximate surface area is 224 Å². The Morgan fingerprint density at radius 1 is 0.703 bits per heavy atom. The number of unbranched alkanes of at least 4 members (excludes halogenated alkanes) is 2. The molecule has 0 saturated heterocycles. The molecular formula is C29H50O8. The molecular weight excluding hydrogens is 476 g/mol. The third-order valence-electron chi connectivity index (χ3n) is 4.32. The van der Waals surface area contributed by atoms with Crippen LogP contribution in [0.25, 0.3) is 0 Å². The molecule has 1 atom stereocenters. The van der Waals surface area contributed by atoms with Crippen LogP contribution in [0.1, 0.15) is 87.0 Å². The van der Waals surface area contributed by atoms with E-state index in [1.807, 2.05) is 0 Å². The number of aliphatic carboxylic acids is 1. The topological polar surface area (TPSA) is 116 Å². The second-order valence-corrected chi connectivity index (χ2v) is 8.42. The molecule has 8 heteroatoms. The van der Waals surface area contributed by atoms with Crippen LogP contribution < -0.4 is 0 Å². The van der Waals surface area contributed by atoms with Crippen molar-refractivity contribution in [2.75, 3.05) is 20.3 Å². The number of carbonyl (C=O) groups is 4. The lowest BCUT2D eigenvalue weighted by Gasteiger charge is -2.14. The van der Waals surface area contributed by atoms with Crippen LogP contribution in [-0.4, -0.2) is 49.3 Å². The van der Waals surface area contributed by atoms with Crippen LogP contribution in [0.15, 0.2) is 48.6 Å². The molecule has 0 amide bonds. The Bertz CT molecular complexity index is 722. The second kappa shape index (κ2) is 27.4. The van der Waals surface area contributed by atoms with Crippen LogP contribution in [0.5, 0.6) is 0 Å². The molecule has 0 saturated carbocycles. The fourth-order valence-corrected chi connectivity index (χ4v) is 1.82. The van der Waals surface area contributed by atoms with Crippen molar-refractivity contribution in [1.82, 2.24) is 0 Å². The molecule has 1 N–H and O–H groups in total. The summed E-state index contributed by atoms with van der Waals surface area (Å²) in [6, 6.07) is 0. The lowest BCUT2D eigenvalue weighted by atomic mass is 10.0. The molecule has 0 radical (unpaired) electrons. The van der Waals surface area contributed by atoms with Gasteiger partial charge in [-0.3, -0.25) is 0 Å². The molecule has 37 heavy (non-hydrogen) atoms. The molecule has 0 aromatic heterocycles. The van der Waals surface area contributed by atoms with E-state index in [1.54, 1.807) is 20.8 Å². The first-order valence-electron chi connectivity index (χ1n) is 12.4. The molecule has 0 heterocycles. The lowest BCUT2D eigenvalue weighted by Crippen LogP contribution is -2.14. The number of hydrogen-bond acceptors (Lipinski definition) is 7. The van der Waals surface area contributed by atoms with Crippen molar-refractivity contribution in [3.8, 4) is 0 Å². The monoisotopic (exact) mass is 526 g/mol. The summed E-state index contributed by atoms with van der Waals surface area (Å²) < 4.78 is 14.2. The van der Waals surface area contributed by atoms with E-state index in [4.69, 9.17) is 14.6 Å². The summed E-state index contributed by atoms with van der Waals surface area (Å²) in [5.74, 6) is -1.32. The number of methoxy groups -OCH3 is 1. The van der Waals surface area contributed by atoms with Crippen LogP contribution in [0, 0.1) is 5.92 Å². The molecule has 214 valence electrons. The Hall–Kier alpha value is -3.16. The highest BCUT2D eigenvalue weighted by Crippen LogP contribution is 2.13. The average Bonchev–Trinajstić information content (AvgIpc) is 2.84. The summed E-state index contributed by atoms with van der Waals surface area (Å²) >= 11 is 0. The van der Waals surface area contributed by atoms with Gasteiger partial charge in [0, 0.05) is 22.3 Å². The summed E-state index contributed by atoms with van der Waals surface area (Å²) in [5, 5.41) is 7.89. The predicted octanol–water partition coefficient (Wildman–Crippen LogP) is 6.61. The summed E-state index contributed by atoms with van der Waals surface area (Å²) in [6.45, 7) is 27.3. The molecule has 0 aromatic carbocycles. The number of esters is 3. The van der Waals surface area contributed by atoms with Crippen molar-refractivity contribution in [2.24, 2.45) is 5.92 Å². The minimum absolute atomic E-state index is 0.176. The van der Waals surface area contributed by atoms with Crippen molar-refractivity contribution in [2.45, 2.75) is 87.0 Å². The molecule has 0 aliphatic heterocycles. The van der Waals surface area contributed by atoms with Gasteiger partial charge in [0.15, 0.2) is 0 Å². The van der Waals surface area contributed by atoms with E-state index in [0.29, 0.717) is 35.9 Å². The van der Waals surface area contributed by atoms with Crippen LogP contribution in [-0.2, 0) is 33.4 Å². The minimum atomic E-state index is -0.935. The van der Waals surface area contributed by atoms with Crippen molar-refractivity contribution >= 4 is 23.9 Å². The number of rotatable bonds is 13. The zero-order valence-corrected chi connectivity index (χ0v) is 24.4. The molecule has 0 fully saturated rings. The van der Waals surface area contributed by atoms with E-state index in [2.05, 4.69) is 51.8 Å². The van der Waals surface area contributed by atoms with Gasteiger partial charge in [-0.2, -0.15) is 0 Å². The largest absolute Gasteiger partial charge is 0.478 e. The normalized spacial score (nSPS) is 9.73. The second-order valence-electron chi connectivity index (χ2n) is 8.42. The number of carboxylic acid groups (broad SMARTS) is 1. The Kier molecular flexibility index (Phi) is 30.4. The fourth-order valence-electron chi connectivity index (χ4n) is 1.82. The zero-order chi connectivity index (χ0) is 30.0. The number of hydrogen-bond donors (Lipinski definition) is 1. The van der Waals surface area contributed by atoms with Crippen molar-refractivity contribution in [1.29, 1.82) is 0 Å². The Morgan fingerprint density at radius 3 is 1.38 bits per heavy atom. The molecule has 0 aliphatic carbocycles. The number of carbonyl (C=O) groups excluding carboxylic acids is 3. The predicted molar refractivity (Wildman–Crippen MR) is 149 cm³/mol. The first-order chi connectivity index (χ1) is 17.1. The van der Waals surface area contributed by atoms with Crippen LogP contribution in [0.4, 0.5) is 0 Å². The van der Waals surface area contributed by atoms with Gasteiger partial charge >= 0.3 is 23.9 Å². The van der Waals surface area contributed by atoms with Crippen molar-refractivity contribution in [3.05, 3.63) is 48.6 Å². The highest BCUT2D eigenvalue weighted by molar-refractivity contribution is 5.87. The third kappa shape index (κ3) is 32.8. The van der Waals surface area contributed by atoms with Gasteiger partial charge in [-0.1, -0.05) is 72.8 Å². The quantitative estimate of drug-likeness (QED) is 0.123. The van der Waals surface area contributed by atoms with E-state index in [-0.39, 0.29) is 23.5 Å². The van der Waals surface area contributed by atoms with Gasteiger partial charge in [0.2, 0.25) is 0 Å². The van der Waals surface area contributed by atoms with Crippen molar-refractivity contribution < 1.29 is 38.5 Å². The molecule has 0 aliphatic rings. The van der Waals surface area contributed by atoms with Crippen LogP contribution in [0.2, 0.25) is 0 Å². The van der Waals surface area contributed by atoms with Gasteiger partial charge in [-0.25, -0.2) is 19.2 Å². The highest BCUT2D eigenvalue weighted by atomic mass is 16.5. The van der Waals surface area contributed by atoms with Crippen molar-refractivity contribution in [3.63, 3.8) is 0 Å². The molecule has 0 aromatic rings. The standard InChI is InChI=1S/C12H22O2.C8H14O2.C5H8O2.C4H6O2/c1-5-7-8-11(6-2)9-14-12(13)10(3)4;1-4-5-6-10-8(9)7(2)3;1-4(2)5(6)7-3;1-3(2)4(5)6/h11H,3,5-9H2,1-2,4H3;2,4-6H2,1,3H3;1H2,2-3H3;1H2,2H3,(H,5,6). The first-order valence-corrected chi connectivity index (χ1v) is 12.4. The summed E-state index contributed by atoms with van der Waals surface area (Å²) in [6.07, 6.45) is 6.61. The summed E-state index contributed by atoms with van der Waals surface area (Å²) in [7, 11) is 1.33. The van der Waals surface area contributed by atoms with Gasteiger partial charge < -0.3 is 19.3 Å². The summed E-state index contributed by atoms with van der Waals surface area (Å²) in [5.41, 5.74) is 1.56. The first kappa shape index (κ1) is 41.0. The maximum Gasteiger partial charge on any atom is 0.333 e. The van der Waals surface area contributed by atoms with Crippen LogP contribution in [0.3, 0.4) is 0 Å². The highest BCUT2D eigenvalue weighted by Gasteiger charge is 2.09. The zero-order valence-electron chi connectivity index (χ0n) is 24.4. The molecule has 8 nitrogen and oxygen atoms in total. The molecule has 0 spiro atoms. The smallest absolute Gasteiger partial charge is 0.333 e. The van der Waals surface area contributed by atoms with Gasteiger partial charge in [0.05, 0.1) is 20.3 Å². The van der Waals surface area contributed by atoms with E-state index >= 15 is 0 Å². The fraction of sp³-hybridized carbons (Fsp3) is 0.586. The van der Waals surface area contributed by atoms with Gasteiger partial charge in [0.25, 0.3) is 0 Å². The van der Waals surface area contributed by atoms with E-state index in [0.717, 1.165) is 25.7 Å². The van der Waals surface area contributed by atoms with Gasteiger partial charge in [-0.05, 0) is 46.5 Å². The van der Waals surface area contributed by atoms with E-state index in [9.17, 15) is 19.2 Å². The molecule has 1 unspecified atom stereocenters. The molecule has 0 bridgehead atoms. The number of carboxylic acids is 1. The van der Waals surface area contributed by atoms with E-state index < -0.39 is 5.97 Å². The maximum atomic E-state index is 11.1. The Balaban J connectivity index is -0.000000208. The molecule has 0 rings (SSSR count). The van der Waals surface area contributed by atoms with E-state index in [1.165, 1.54) is 26.9 Å².